The summed E-state index contributed by atoms with van der Waals surface area (Å²) in [7, 11) is 0. The molecule has 0 radical (unpaired) electrons. The maximum atomic E-state index is 16.3. The van der Waals surface area contributed by atoms with Gasteiger partial charge in [0.05, 0.1) is 17.4 Å². The normalized spacial score (nSPS) is 18.7. The molecular weight excluding hydrogens is 509 g/mol. The summed E-state index contributed by atoms with van der Waals surface area (Å²) < 4.78 is 79.3. The topological polar surface area (TPSA) is 101 Å². The third-order valence-electron chi connectivity index (χ3n) is 6.83. The van der Waals surface area contributed by atoms with E-state index in [1.807, 2.05) is 4.90 Å². The second-order valence-corrected chi connectivity index (χ2v) is 9.59. The molecule has 0 bridgehead atoms. The molecule has 0 spiro atoms. The number of pyridine rings is 1. The first-order valence-electron chi connectivity index (χ1n) is 12.5. The molecule has 2 aliphatic heterocycles. The lowest BCUT2D eigenvalue weighted by atomic mass is 9.96. The molecule has 0 aliphatic carbocycles. The lowest BCUT2D eigenvalue weighted by molar-refractivity contribution is -0.137. The van der Waals surface area contributed by atoms with Crippen molar-refractivity contribution in [2.45, 2.75) is 45.4 Å². The lowest BCUT2D eigenvalue weighted by Gasteiger charge is -2.22. The molecule has 38 heavy (non-hydrogen) atoms. The first kappa shape index (κ1) is 26.1. The number of halogens is 5. The number of hydrogen-bond donors (Lipinski definition) is 3. The number of ether oxygens (including phenoxy) is 1. The number of nitrogens with two attached hydrogens (primary N) is 1. The van der Waals surface area contributed by atoms with Crippen LogP contribution in [0.2, 0.25) is 0 Å². The summed E-state index contributed by atoms with van der Waals surface area (Å²) >= 11 is 0. The Morgan fingerprint density at radius 2 is 1.79 bits per heavy atom. The van der Waals surface area contributed by atoms with E-state index in [4.69, 9.17) is 10.5 Å². The zero-order valence-corrected chi connectivity index (χ0v) is 21.0. The van der Waals surface area contributed by atoms with E-state index < -0.39 is 52.0 Å². The molecule has 2 aliphatic rings. The van der Waals surface area contributed by atoms with E-state index in [0.717, 1.165) is 25.8 Å². The highest BCUT2D eigenvalue weighted by Gasteiger charge is 2.39. The van der Waals surface area contributed by atoms with Crippen LogP contribution in [0.25, 0.3) is 22.2 Å². The predicted molar refractivity (Wildman–Crippen MR) is 134 cm³/mol. The summed E-state index contributed by atoms with van der Waals surface area (Å²) in [5.41, 5.74) is 1.44. The number of anilines is 3. The molecule has 1 saturated heterocycles. The van der Waals surface area contributed by atoms with E-state index in [0.29, 0.717) is 39.1 Å². The molecule has 0 saturated carbocycles. The Morgan fingerprint density at radius 1 is 1.05 bits per heavy atom. The highest BCUT2D eigenvalue weighted by molar-refractivity contribution is 5.97. The quantitative estimate of drug-likeness (QED) is 0.321. The Kier molecular flexibility index (Phi) is 6.88. The van der Waals surface area contributed by atoms with Crippen molar-refractivity contribution < 1.29 is 26.7 Å². The third-order valence-corrected chi connectivity index (χ3v) is 6.83. The van der Waals surface area contributed by atoms with Crippen LogP contribution in [0.1, 0.15) is 37.3 Å². The van der Waals surface area contributed by atoms with E-state index in [1.165, 1.54) is 0 Å². The number of nitrogen functional groups attached to an aromatic ring is 1. The van der Waals surface area contributed by atoms with Gasteiger partial charge in [0, 0.05) is 31.7 Å². The van der Waals surface area contributed by atoms with Gasteiger partial charge in [-0.1, -0.05) is 0 Å². The summed E-state index contributed by atoms with van der Waals surface area (Å²) in [5.74, 6) is -1.92. The summed E-state index contributed by atoms with van der Waals surface area (Å²) in [6, 6.07) is 0.759. The minimum atomic E-state index is -5.01. The van der Waals surface area contributed by atoms with Crippen LogP contribution in [-0.2, 0) is 6.18 Å². The summed E-state index contributed by atoms with van der Waals surface area (Å²) in [6.07, 6.45) is -3.04. The van der Waals surface area contributed by atoms with E-state index in [9.17, 15) is 17.6 Å². The Morgan fingerprint density at radius 3 is 2.50 bits per heavy atom. The van der Waals surface area contributed by atoms with Crippen LogP contribution >= 0.6 is 0 Å². The standard InChI is InChI=1S/C25H28F5N7O/c1-12-5-6-32-7-8-33-22-16-21(35-24(36-22)37-9-3-4-10-37)19(27)20(34-23(16)38-12)14-11-15(31)18(26)13(2)17(14)25(28,29)30/h11-12,32H,3-10,31H2,1-2H3,(H,33,35,36). The van der Waals surface area contributed by atoms with Crippen LogP contribution in [-0.4, -0.2) is 53.8 Å². The Bertz CT molecular complexity index is 1380. The maximum Gasteiger partial charge on any atom is 0.417 e. The highest BCUT2D eigenvalue weighted by atomic mass is 19.4. The zero-order valence-electron chi connectivity index (χ0n) is 21.0. The zero-order chi connectivity index (χ0) is 27.2. The van der Waals surface area contributed by atoms with Gasteiger partial charge < -0.3 is 26.0 Å². The molecular formula is C25H28F5N7O. The van der Waals surface area contributed by atoms with E-state index in [2.05, 4.69) is 25.6 Å². The maximum absolute atomic E-state index is 16.3. The minimum absolute atomic E-state index is 0.116. The van der Waals surface area contributed by atoms with Gasteiger partial charge in [-0.05, 0) is 51.3 Å². The van der Waals surface area contributed by atoms with Crippen molar-refractivity contribution in [1.82, 2.24) is 20.3 Å². The smallest absolute Gasteiger partial charge is 0.417 e. The van der Waals surface area contributed by atoms with Gasteiger partial charge in [-0.25, -0.2) is 18.7 Å². The molecule has 1 aromatic carbocycles. The summed E-state index contributed by atoms with van der Waals surface area (Å²) in [5, 5.41) is 6.57. The third kappa shape index (κ3) is 4.74. The molecule has 3 aromatic rings. The van der Waals surface area contributed by atoms with Gasteiger partial charge in [0.15, 0.2) is 5.82 Å². The molecule has 1 unspecified atom stereocenters. The van der Waals surface area contributed by atoms with Crippen molar-refractivity contribution >= 4 is 28.4 Å². The number of aromatic nitrogens is 3. The highest BCUT2D eigenvalue weighted by Crippen LogP contribution is 2.44. The fourth-order valence-corrected chi connectivity index (χ4v) is 4.90. The van der Waals surface area contributed by atoms with Crippen molar-refractivity contribution in [3.63, 3.8) is 0 Å². The molecule has 0 amide bonds. The Labute approximate surface area is 215 Å². The molecule has 1 atom stereocenters. The SMILES string of the molecule is Cc1c(F)c(N)cc(-c2nc3c4c(nc(N5CCCC5)nc4c2F)NCCNCCC(C)O3)c1C(F)(F)F. The average molecular weight is 538 g/mol. The number of rotatable bonds is 2. The second kappa shape index (κ2) is 10.0. The number of nitrogens with zero attached hydrogens (tertiary/aromatic N) is 4. The van der Waals surface area contributed by atoms with Crippen molar-refractivity contribution in [1.29, 1.82) is 0 Å². The number of alkyl halides is 3. The average Bonchev–Trinajstić information content (AvgIpc) is 3.39. The molecule has 1 fully saturated rings. The largest absolute Gasteiger partial charge is 0.474 e. The van der Waals surface area contributed by atoms with Crippen LogP contribution in [0, 0.1) is 18.6 Å². The minimum Gasteiger partial charge on any atom is -0.474 e. The van der Waals surface area contributed by atoms with Crippen LogP contribution in [0.15, 0.2) is 6.07 Å². The van der Waals surface area contributed by atoms with Gasteiger partial charge in [-0.15, -0.1) is 0 Å². The molecule has 4 N–H and O–H groups in total. The van der Waals surface area contributed by atoms with Gasteiger partial charge in [0.2, 0.25) is 11.8 Å². The van der Waals surface area contributed by atoms with Crippen molar-refractivity contribution in [3.8, 4) is 17.1 Å². The number of benzene rings is 1. The predicted octanol–water partition coefficient (Wildman–Crippen LogP) is 4.65. The fourth-order valence-electron chi connectivity index (χ4n) is 4.90. The van der Waals surface area contributed by atoms with E-state index >= 15 is 4.39 Å². The number of hydrogen-bond acceptors (Lipinski definition) is 8. The first-order valence-corrected chi connectivity index (χ1v) is 12.5. The molecule has 4 heterocycles. The first-order chi connectivity index (χ1) is 18.1. The van der Waals surface area contributed by atoms with Gasteiger partial charge in [-0.3, -0.25) is 0 Å². The Balaban J connectivity index is 1.84. The second-order valence-electron chi connectivity index (χ2n) is 9.59. The van der Waals surface area contributed by atoms with Crippen molar-refractivity contribution in [2.75, 3.05) is 48.7 Å². The van der Waals surface area contributed by atoms with Gasteiger partial charge >= 0.3 is 6.18 Å². The number of nitrogens with one attached hydrogen (secondary N) is 2. The summed E-state index contributed by atoms with van der Waals surface area (Å²) in [6.45, 7) is 5.74. The van der Waals surface area contributed by atoms with E-state index in [1.54, 1.807) is 6.92 Å². The van der Waals surface area contributed by atoms with Gasteiger partial charge in [-0.2, -0.15) is 18.2 Å². The van der Waals surface area contributed by atoms with Crippen molar-refractivity contribution in [3.05, 3.63) is 28.8 Å². The summed E-state index contributed by atoms with van der Waals surface area (Å²) in [4.78, 5) is 15.2. The van der Waals surface area contributed by atoms with E-state index in [-0.39, 0.29) is 28.5 Å². The molecule has 204 valence electrons. The van der Waals surface area contributed by atoms with Crippen LogP contribution in [0.4, 0.5) is 39.4 Å². The molecule has 8 nitrogen and oxygen atoms in total. The molecule has 2 aromatic heterocycles. The molecule has 5 rings (SSSR count). The van der Waals surface area contributed by atoms with Crippen LogP contribution < -0.4 is 26.0 Å². The van der Waals surface area contributed by atoms with Crippen LogP contribution in [0.5, 0.6) is 5.88 Å². The fraction of sp³-hybridized carbons (Fsp3) is 0.480. The monoisotopic (exact) mass is 537 g/mol. The van der Waals surface area contributed by atoms with Crippen molar-refractivity contribution in [2.24, 2.45) is 0 Å². The molecule has 13 heteroatoms. The van der Waals surface area contributed by atoms with Gasteiger partial charge in [0.1, 0.15) is 28.2 Å². The van der Waals surface area contributed by atoms with Crippen LogP contribution in [0.3, 0.4) is 0 Å². The lowest BCUT2D eigenvalue weighted by Crippen LogP contribution is -2.26. The Hall–Kier alpha value is -3.48. The van der Waals surface area contributed by atoms with Gasteiger partial charge in [0.25, 0.3) is 0 Å².